The molecule has 0 saturated carbocycles. The summed E-state index contributed by atoms with van der Waals surface area (Å²) in [6, 6.07) is 45.6. The van der Waals surface area contributed by atoms with E-state index in [9.17, 15) is 0 Å². The van der Waals surface area contributed by atoms with Crippen LogP contribution in [0.4, 0.5) is 0 Å². The number of ether oxygens (including phenoxy) is 1. The van der Waals surface area contributed by atoms with Crippen molar-refractivity contribution >= 4 is 0 Å². The van der Waals surface area contributed by atoms with Gasteiger partial charge in [0.1, 0.15) is 11.5 Å². The first-order chi connectivity index (χ1) is 18.3. The second-order valence-corrected chi connectivity index (χ2v) is 11.1. The molecule has 0 N–H and O–H groups in total. The summed E-state index contributed by atoms with van der Waals surface area (Å²) in [7, 11) is 0. The normalized spacial score (nSPS) is 11.8. The molecule has 0 saturated heterocycles. The molecule has 5 rings (SSSR count). The lowest BCUT2D eigenvalue weighted by Gasteiger charge is -2.38. The molecule has 1 heteroatoms. The summed E-state index contributed by atoms with van der Waals surface area (Å²) in [6.07, 6.45) is 0. The fourth-order valence-corrected chi connectivity index (χ4v) is 5.46. The lowest BCUT2D eigenvalue weighted by atomic mass is 9.64. The quantitative estimate of drug-likeness (QED) is 0.213. The van der Waals surface area contributed by atoms with Crippen molar-refractivity contribution in [2.45, 2.75) is 45.4 Å². The summed E-state index contributed by atoms with van der Waals surface area (Å²) in [5, 5.41) is 0. The molecular formula is C37H36O. The van der Waals surface area contributed by atoms with E-state index in [2.05, 4.69) is 162 Å². The van der Waals surface area contributed by atoms with Gasteiger partial charge in [0.25, 0.3) is 0 Å². The average Bonchev–Trinajstić information content (AvgIpc) is 2.93. The Hall–Kier alpha value is -4.10. The smallest absolute Gasteiger partial charge is 0.131 e. The Morgan fingerprint density at radius 2 is 0.974 bits per heavy atom. The summed E-state index contributed by atoms with van der Waals surface area (Å²) >= 11 is 0. The average molecular weight is 497 g/mol. The van der Waals surface area contributed by atoms with Crippen LogP contribution in [0.3, 0.4) is 0 Å². The second-order valence-electron chi connectivity index (χ2n) is 11.1. The predicted octanol–water partition coefficient (Wildman–Crippen LogP) is 9.78. The number of hydrogen-bond acceptors (Lipinski definition) is 1. The molecule has 1 nitrogen and oxygen atoms in total. The van der Waals surface area contributed by atoms with Crippen molar-refractivity contribution in [3.05, 3.63) is 166 Å². The number of rotatable bonds is 6. The summed E-state index contributed by atoms with van der Waals surface area (Å²) in [5.74, 6) is 1.81. The Kier molecular flexibility index (Phi) is 6.95. The highest BCUT2D eigenvalue weighted by Gasteiger charge is 2.39. The monoisotopic (exact) mass is 496 g/mol. The molecule has 0 aromatic heterocycles. The van der Waals surface area contributed by atoms with E-state index in [-0.39, 0.29) is 5.41 Å². The molecule has 0 heterocycles. The van der Waals surface area contributed by atoms with Gasteiger partial charge < -0.3 is 4.74 Å². The van der Waals surface area contributed by atoms with Gasteiger partial charge in [-0.3, -0.25) is 0 Å². The van der Waals surface area contributed by atoms with E-state index >= 15 is 0 Å². The van der Waals surface area contributed by atoms with Crippen molar-refractivity contribution in [1.82, 2.24) is 0 Å². The molecule has 0 fully saturated rings. The van der Waals surface area contributed by atoms with Gasteiger partial charge in [-0.2, -0.15) is 0 Å². The summed E-state index contributed by atoms with van der Waals surface area (Å²) in [6.45, 7) is 11.0. The van der Waals surface area contributed by atoms with Crippen LogP contribution < -0.4 is 4.74 Å². The third-order valence-electron chi connectivity index (χ3n) is 7.62. The molecule has 38 heavy (non-hydrogen) atoms. The summed E-state index contributed by atoms with van der Waals surface area (Å²) < 4.78 is 6.63. The number of benzene rings is 5. The first-order valence-corrected chi connectivity index (χ1v) is 13.4. The first-order valence-electron chi connectivity index (χ1n) is 13.4. The first kappa shape index (κ1) is 25.5. The minimum atomic E-state index is -0.485. The van der Waals surface area contributed by atoms with Crippen molar-refractivity contribution in [3.8, 4) is 11.5 Å². The molecule has 0 spiro atoms. The van der Waals surface area contributed by atoms with Crippen molar-refractivity contribution in [1.29, 1.82) is 0 Å². The van der Waals surface area contributed by atoms with Gasteiger partial charge in [0.2, 0.25) is 0 Å². The molecule has 0 aliphatic carbocycles. The Bertz CT molecular complexity index is 1410. The zero-order valence-corrected chi connectivity index (χ0v) is 23.0. The van der Waals surface area contributed by atoms with Crippen molar-refractivity contribution in [2.24, 2.45) is 0 Å². The van der Waals surface area contributed by atoms with Crippen molar-refractivity contribution in [2.75, 3.05) is 0 Å². The standard InChI is InChI=1S/C37H36O/c1-27-16-15-23-34(28(27)2)38-35-25-24-32(26-33(35)36(3,4)5)37(29-17-9-6-10-18-29,30-19-11-7-12-20-30)31-21-13-8-14-22-31/h6-26H,1-5H3. The largest absolute Gasteiger partial charge is 0.457 e. The molecule has 0 radical (unpaired) electrons. The van der Waals surface area contributed by atoms with E-state index in [0.29, 0.717) is 0 Å². The molecule has 0 bridgehead atoms. The third-order valence-corrected chi connectivity index (χ3v) is 7.62. The Balaban J connectivity index is 1.80. The molecule has 190 valence electrons. The zero-order valence-electron chi connectivity index (χ0n) is 23.0. The zero-order chi connectivity index (χ0) is 26.8. The molecule has 5 aromatic carbocycles. The van der Waals surface area contributed by atoms with Gasteiger partial charge in [0.05, 0.1) is 5.41 Å². The van der Waals surface area contributed by atoms with Gasteiger partial charge in [-0.1, -0.05) is 130 Å². The maximum Gasteiger partial charge on any atom is 0.131 e. The highest BCUT2D eigenvalue weighted by molar-refractivity contribution is 5.62. The van der Waals surface area contributed by atoms with Crippen LogP contribution in [0.25, 0.3) is 0 Å². The van der Waals surface area contributed by atoms with Crippen LogP contribution in [-0.2, 0) is 10.8 Å². The molecular weight excluding hydrogens is 460 g/mol. The molecule has 0 unspecified atom stereocenters. The molecule has 0 atom stereocenters. The van der Waals surface area contributed by atoms with Crippen LogP contribution in [0.2, 0.25) is 0 Å². The third kappa shape index (κ3) is 4.65. The molecule has 0 aliphatic rings. The Labute approximate surface area is 227 Å². The van der Waals surface area contributed by atoms with Crippen LogP contribution in [0.15, 0.2) is 127 Å². The fraction of sp³-hybridized carbons (Fsp3) is 0.189. The van der Waals surface area contributed by atoms with Crippen LogP contribution >= 0.6 is 0 Å². The van der Waals surface area contributed by atoms with E-state index in [1.807, 2.05) is 0 Å². The van der Waals surface area contributed by atoms with Gasteiger partial charge in [-0.15, -0.1) is 0 Å². The second kappa shape index (κ2) is 10.3. The minimum absolute atomic E-state index is 0.126. The Morgan fingerprint density at radius 1 is 0.474 bits per heavy atom. The van der Waals surface area contributed by atoms with E-state index in [1.54, 1.807) is 0 Å². The Morgan fingerprint density at radius 3 is 1.45 bits per heavy atom. The fourth-order valence-electron chi connectivity index (χ4n) is 5.46. The van der Waals surface area contributed by atoms with Crippen LogP contribution in [0, 0.1) is 13.8 Å². The van der Waals surface area contributed by atoms with E-state index in [4.69, 9.17) is 4.74 Å². The predicted molar refractivity (Wildman–Crippen MR) is 159 cm³/mol. The highest BCUT2D eigenvalue weighted by atomic mass is 16.5. The maximum absolute atomic E-state index is 6.63. The summed E-state index contributed by atoms with van der Waals surface area (Å²) in [4.78, 5) is 0. The van der Waals surface area contributed by atoms with Gasteiger partial charge >= 0.3 is 0 Å². The van der Waals surface area contributed by atoms with Crippen LogP contribution in [0.1, 0.15) is 59.7 Å². The molecule has 5 aromatic rings. The van der Waals surface area contributed by atoms with E-state index < -0.39 is 5.41 Å². The number of hydrogen-bond donors (Lipinski definition) is 0. The molecule has 0 aliphatic heterocycles. The topological polar surface area (TPSA) is 9.23 Å². The van der Waals surface area contributed by atoms with Gasteiger partial charge in [0.15, 0.2) is 0 Å². The van der Waals surface area contributed by atoms with E-state index in [1.165, 1.54) is 38.9 Å². The van der Waals surface area contributed by atoms with Crippen LogP contribution in [-0.4, -0.2) is 0 Å². The van der Waals surface area contributed by atoms with Gasteiger partial charge in [0, 0.05) is 5.56 Å². The van der Waals surface area contributed by atoms with Crippen molar-refractivity contribution in [3.63, 3.8) is 0 Å². The molecule has 0 amide bonds. The highest BCUT2D eigenvalue weighted by Crippen LogP contribution is 2.47. The minimum Gasteiger partial charge on any atom is -0.457 e. The number of aryl methyl sites for hydroxylation is 1. The SMILES string of the molecule is Cc1cccc(Oc2ccc(C(c3ccccc3)(c3ccccc3)c3ccccc3)cc2C(C)(C)C)c1C. The van der Waals surface area contributed by atoms with Gasteiger partial charge in [-0.05, 0) is 70.8 Å². The van der Waals surface area contributed by atoms with Gasteiger partial charge in [-0.25, -0.2) is 0 Å². The lowest BCUT2D eigenvalue weighted by molar-refractivity contribution is 0.451. The summed E-state index contributed by atoms with van der Waals surface area (Å²) in [5.41, 5.74) is 7.90. The van der Waals surface area contributed by atoms with Crippen molar-refractivity contribution < 1.29 is 4.74 Å². The maximum atomic E-state index is 6.63. The lowest BCUT2D eigenvalue weighted by Crippen LogP contribution is -2.31. The van der Waals surface area contributed by atoms with Crippen LogP contribution in [0.5, 0.6) is 11.5 Å². The van der Waals surface area contributed by atoms with E-state index in [0.717, 1.165) is 11.5 Å².